The molecule has 1 heterocycles. The lowest BCUT2D eigenvalue weighted by Crippen LogP contribution is -2.35. The maximum Gasteiger partial charge on any atom is 0.161 e. The molecule has 1 aliphatic heterocycles. The molecule has 2 rings (SSSR count). The van der Waals surface area contributed by atoms with Gasteiger partial charge in [-0.15, -0.1) is 0 Å². The standard InChI is InChI=1S/C17H24N2O2/c1-4-21-16-6-5-14(11-17(16)20-3)15(12-18)19-9-7-13(2)8-10-19/h5-6,11,13,15H,4,7-10H2,1-3H3. The van der Waals surface area contributed by atoms with Crippen molar-refractivity contribution in [3.8, 4) is 17.6 Å². The second kappa shape index (κ2) is 7.33. The lowest BCUT2D eigenvalue weighted by atomic mass is 9.96. The third-order valence-electron chi connectivity index (χ3n) is 4.11. The van der Waals surface area contributed by atoms with E-state index >= 15 is 0 Å². The van der Waals surface area contributed by atoms with Gasteiger partial charge in [0.2, 0.25) is 0 Å². The molecule has 21 heavy (non-hydrogen) atoms. The number of hydrogen-bond donors (Lipinski definition) is 0. The van der Waals surface area contributed by atoms with E-state index in [1.807, 2.05) is 25.1 Å². The van der Waals surface area contributed by atoms with E-state index in [9.17, 15) is 5.26 Å². The van der Waals surface area contributed by atoms with Crippen molar-refractivity contribution in [2.75, 3.05) is 26.8 Å². The molecule has 1 saturated heterocycles. The van der Waals surface area contributed by atoms with Gasteiger partial charge >= 0.3 is 0 Å². The first-order valence-electron chi connectivity index (χ1n) is 7.64. The zero-order valence-electron chi connectivity index (χ0n) is 13.1. The quantitative estimate of drug-likeness (QED) is 0.833. The second-order valence-electron chi connectivity index (χ2n) is 5.59. The highest BCUT2D eigenvalue weighted by Gasteiger charge is 2.25. The molecule has 0 bridgehead atoms. The van der Waals surface area contributed by atoms with Gasteiger partial charge in [-0.2, -0.15) is 5.26 Å². The van der Waals surface area contributed by atoms with Crippen LogP contribution in [0.3, 0.4) is 0 Å². The molecule has 0 amide bonds. The van der Waals surface area contributed by atoms with Gasteiger partial charge in [0.1, 0.15) is 6.04 Å². The fourth-order valence-electron chi connectivity index (χ4n) is 2.78. The van der Waals surface area contributed by atoms with E-state index in [4.69, 9.17) is 9.47 Å². The van der Waals surface area contributed by atoms with Crippen LogP contribution in [0.1, 0.15) is 38.3 Å². The van der Waals surface area contributed by atoms with Crippen molar-refractivity contribution in [3.05, 3.63) is 23.8 Å². The van der Waals surface area contributed by atoms with Crippen LogP contribution in [0.5, 0.6) is 11.5 Å². The number of nitriles is 1. The normalized spacial score (nSPS) is 18.0. The van der Waals surface area contributed by atoms with Crippen LogP contribution in [0.25, 0.3) is 0 Å². The molecule has 0 aliphatic carbocycles. The Morgan fingerprint density at radius 1 is 1.33 bits per heavy atom. The van der Waals surface area contributed by atoms with E-state index in [2.05, 4.69) is 17.9 Å². The summed E-state index contributed by atoms with van der Waals surface area (Å²) < 4.78 is 10.9. The summed E-state index contributed by atoms with van der Waals surface area (Å²) in [5, 5.41) is 9.57. The minimum Gasteiger partial charge on any atom is -0.493 e. The van der Waals surface area contributed by atoms with Gasteiger partial charge in [0.05, 0.1) is 19.8 Å². The molecule has 0 saturated carbocycles. The van der Waals surface area contributed by atoms with Crippen molar-refractivity contribution < 1.29 is 9.47 Å². The molecule has 1 fully saturated rings. The summed E-state index contributed by atoms with van der Waals surface area (Å²) in [6.45, 7) is 6.78. The van der Waals surface area contributed by atoms with Crippen LogP contribution in [0, 0.1) is 17.2 Å². The molecule has 1 aromatic rings. The van der Waals surface area contributed by atoms with Gasteiger partial charge in [0.15, 0.2) is 11.5 Å². The van der Waals surface area contributed by atoms with Crippen molar-refractivity contribution in [2.45, 2.75) is 32.7 Å². The van der Waals surface area contributed by atoms with Crippen LogP contribution in [0.15, 0.2) is 18.2 Å². The number of nitrogens with zero attached hydrogens (tertiary/aromatic N) is 2. The number of hydrogen-bond acceptors (Lipinski definition) is 4. The Morgan fingerprint density at radius 3 is 2.62 bits per heavy atom. The van der Waals surface area contributed by atoms with E-state index in [1.54, 1.807) is 7.11 Å². The highest BCUT2D eigenvalue weighted by molar-refractivity contribution is 5.44. The zero-order chi connectivity index (χ0) is 15.2. The van der Waals surface area contributed by atoms with Gasteiger partial charge in [0.25, 0.3) is 0 Å². The summed E-state index contributed by atoms with van der Waals surface area (Å²) in [6, 6.07) is 8.03. The molecule has 4 nitrogen and oxygen atoms in total. The number of piperidine rings is 1. The molecule has 1 unspecified atom stereocenters. The average Bonchev–Trinajstić information content (AvgIpc) is 2.51. The largest absolute Gasteiger partial charge is 0.493 e. The van der Waals surface area contributed by atoms with Gasteiger partial charge in [-0.1, -0.05) is 13.0 Å². The van der Waals surface area contributed by atoms with Gasteiger partial charge < -0.3 is 9.47 Å². The first-order chi connectivity index (χ1) is 10.2. The number of likely N-dealkylation sites (tertiary alicyclic amines) is 1. The molecule has 114 valence electrons. The third-order valence-corrected chi connectivity index (χ3v) is 4.11. The molecule has 0 aromatic heterocycles. The van der Waals surface area contributed by atoms with E-state index in [0.29, 0.717) is 12.4 Å². The van der Waals surface area contributed by atoms with Gasteiger partial charge in [-0.3, -0.25) is 4.90 Å². The Morgan fingerprint density at radius 2 is 2.05 bits per heavy atom. The molecular formula is C17H24N2O2. The Labute approximate surface area is 127 Å². The Hall–Kier alpha value is -1.73. The third kappa shape index (κ3) is 3.68. The summed E-state index contributed by atoms with van der Waals surface area (Å²) in [4.78, 5) is 2.26. The predicted octanol–water partition coefficient (Wildman–Crippen LogP) is 3.39. The summed E-state index contributed by atoms with van der Waals surface area (Å²) >= 11 is 0. The fourth-order valence-corrected chi connectivity index (χ4v) is 2.78. The molecule has 0 N–H and O–H groups in total. The Balaban J connectivity index is 2.20. The van der Waals surface area contributed by atoms with Crippen LogP contribution >= 0.6 is 0 Å². The average molecular weight is 288 g/mol. The van der Waals surface area contributed by atoms with E-state index in [1.165, 1.54) is 0 Å². The van der Waals surface area contributed by atoms with E-state index in [-0.39, 0.29) is 6.04 Å². The monoisotopic (exact) mass is 288 g/mol. The first-order valence-corrected chi connectivity index (χ1v) is 7.64. The maximum absolute atomic E-state index is 9.57. The highest BCUT2D eigenvalue weighted by Crippen LogP contribution is 2.33. The van der Waals surface area contributed by atoms with Crippen LogP contribution in [-0.2, 0) is 0 Å². The Bertz CT molecular complexity index is 502. The van der Waals surface area contributed by atoms with Crippen molar-refractivity contribution in [1.29, 1.82) is 5.26 Å². The maximum atomic E-state index is 9.57. The summed E-state index contributed by atoms with van der Waals surface area (Å²) in [6.07, 6.45) is 2.32. The van der Waals surface area contributed by atoms with Crippen LogP contribution < -0.4 is 9.47 Å². The van der Waals surface area contributed by atoms with Gasteiger partial charge in [-0.25, -0.2) is 0 Å². The lowest BCUT2D eigenvalue weighted by molar-refractivity contribution is 0.164. The topological polar surface area (TPSA) is 45.5 Å². The van der Waals surface area contributed by atoms with Gasteiger partial charge in [-0.05, 0) is 56.5 Å². The summed E-state index contributed by atoms with van der Waals surface area (Å²) in [7, 11) is 1.63. The van der Waals surface area contributed by atoms with Crippen LogP contribution in [0.4, 0.5) is 0 Å². The number of rotatable bonds is 5. The van der Waals surface area contributed by atoms with E-state index < -0.39 is 0 Å². The molecule has 1 atom stereocenters. The SMILES string of the molecule is CCOc1ccc(C(C#N)N2CCC(C)CC2)cc1OC. The van der Waals surface area contributed by atoms with Crippen molar-refractivity contribution >= 4 is 0 Å². The minimum absolute atomic E-state index is 0.206. The lowest BCUT2D eigenvalue weighted by Gasteiger charge is -2.33. The molecular weight excluding hydrogens is 264 g/mol. The van der Waals surface area contributed by atoms with Crippen LogP contribution in [-0.4, -0.2) is 31.7 Å². The zero-order valence-corrected chi connectivity index (χ0v) is 13.1. The van der Waals surface area contributed by atoms with Crippen molar-refractivity contribution in [3.63, 3.8) is 0 Å². The molecule has 0 spiro atoms. The molecule has 1 aromatic carbocycles. The fraction of sp³-hybridized carbons (Fsp3) is 0.588. The second-order valence-corrected chi connectivity index (χ2v) is 5.59. The van der Waals surface area contributed by atoms with Crippen LogP contribution in [0.2, 0.25) is 0 Å². The summed E-state index contributed by atoms with van der Waals surface area (Å²) in [5.41, 5.74) is 0.979. The first kappa shape index (κ1) is 15.7. The number of benzene rings is 1. The molecule has 4 heteroatoms. The number of ether oxygens (including phenoxy) is 2. The number of methoxy groups -OCH3 is 1. The predicted molar refractivity (Wildman–Crippen MR) is 82.5 cm³/mol. The van der Waals surface area contributed by atoms with Crippen molar-refractivity contribution in [1.82, 2.24) is 4.90 Å². The summed E-state index contributed by atoms with van der Waals surface area (Å²) in [5.74, 6) is 2.18. The highest BCUT2D eigenvalue weighted by atomic mass is 16.5. The molecule has 1 aliphatic rings. The minimum atomic E-state index is -0.206. The molecule has 0 radical (unpaired) electrons. The van der Waals surface area contributed by atoms with Gasteiger partial charge in [0, 0.05) is 0 Å². The van der Waals surface area contributed by atoms with E-state index in [0.717, 1.165) is 43.2 Å². The Kier molecular flexibility index (Phi) is 5.46. The smallest absolute Gasteiger partial charge is 0.161 e. The van der Waals surface area contributed by atoms with Crippen molar-refractivity contribution in [2.24, 2.45) is 5.92 Å².